The van der Waals surface area contributed by atoms with E-state index in [0.717, 1.165) is 0 Å². The van der Waals surface area contributed by atoms with Gasteiger partial charge in [-0.05, 0) is 42.5 Å². The van der Waals surface area contributed by atoms with Gasteiger partial charge in [0.1, 0.15) is 5.75 Å². The first-order valence-corrected chi connectivity index (χ1v) is 11.8. The zero-order chi connectivity index (χ0) is 23.6. The summed E-state index contributed by atoms with van der Waals surface area (Å²) >= 11 is 0. The van der Waals surface area contributed by atoms with Crippen LogP contribution in [0.15, 0.2) is 59.6 Å². The number of sulfonamides is 1. The largest absolute Gasteiger partial charge is 0.497 e. The normalized spacial score (nSPS) is 14.8. The Kier molecular flexibility index (Phi) is 6.30. The smallest absolute Gasteiger partial charge is 0.255 e. The van der Waals surface area contributed by atoms with Crippen LogP contribution in [0, 0.1) is 0 Å². The number of nitrogens with one attached hydrogen (secondary N) is 1. The number of carbonyl (C=O) groups is 2. The van der Waals surface area contributed by atoms with E-state index in [-0.39, 0.29) is 29.5 Å². The van der Waals surface area contributed by atoms with Crippen LogP contribution >= 0.6 is 0 Å². The summed E-state index contributed by atoms with van der Waals surface area (Å²) in [6.07, 6.45) is 1.59. The van der Waals surface area contributed by atoms with Crippen molar-refractivity contribution in [2.75, 3.05) is 38.6 Å². The van der Waals surface area contributed by atoms with Gasteiger partial charge in [0.25, 0.3) is 5.91 Å². The second-order valence-electron chi connectivity index (χ2n) is 7.63. The standard InChI is InChI=1S/C23H24N4O5S/c1-16(28)26-10-12-27(13-11-26)33(30,31)19-5-3-4-17(14-19)23(29)25-22-8-9-24-21-7-6-18(32-2)15-20(21)22/h3-9,14-15H,10-13H2,1-2H3,(H,24,25,29). The number of methoxy groups -OCH3 is 1. The number of ether oxygens (including phenoxy) is 1. The molecule has 2 aromatic carbocycles. The highest BCUT2D eigenvalue weighted by molar-refractivity contribution is 7.89. The van der Waals surface area contributed by atoms with Crippen molar-refractivity contribution in [3.05, 3.63) is 60.3 Å². The molecule has 0 bridgehead atoms. The molecule has 33 heavy (non-hydrogen) atoms. The summed E-state index contributed by atoms with van der Waals surface area (Å²) in [4.78, 5) is 30.4. The van der Waals surface area contributed by atoms with Crippen molar-refractivity contribution in [1.29, 1.82) is 0 Å². The van der Waals surface area contributed by atoms with Crippen molar-refractivity contribution in [2.45, 2.75) is 11.8 Å². The Morgan fingerprint density at radius 3 is 2.48 bits per heavy atom. The minimum absolute atomic E-state index is 0.0349. The van der Waals surface area contributed by atoms with E-state index in [0.29, 0.717) is 35.4 Å². The topological polar surface area (TPSA) is 109 Å². The fraction of sp³-hybridized carbons (Fsp3) is 0.261. The molecule has 2 heterocycles. The van der Waals surface area contributed by atoms with Gasteiger partial charge >= 0.3 is 0 Å². The molecule has 1 aromatic heterocycles. The van der Waals surface area contributed by atoms with Crippen LogP contribution in [0.4, 0.5) is 5.69 Å². The fourth-order valence-electron chi connectivity index (χ4n) is 3.75. The first-order chi connectivity index (χ1) is 15.8. The predicted octanol–water partition coefficient (Wildman–Crippen LogP) is 2.35. The molecule has 1 fully saturated rings. The third kappa shape index (κ3) is 4.67. The molecular weight excluding hydrogens is 444 g/mol. The molecule has 9 nitrogen and oxygen atoms in total. The van der Waals surface area contributed by atoms with Crippen molar-refractivity contribution in [2.24, 2.45) is 0 Å². The van der Waals surface area contributed by atoms with E-state index in [1.165, 1.54) is 23.4 Å². The van der Waals surface area contributed by atoms with Gasteiger partial charge < -0.3 is 15.0 Å². The van der Waals surface area contributed by atoms with Crippen LogP contribution in [0.25, 0.3) is 10.9 Å². The van der Waals surface area contributed by atoms with Crippen molar-refractivity contribution in [3.63, 3.8) is 0 Å². The molecule has 2 amide bonds. The van der Waals surface area contributed by atoms with E-state index >= 15 is 0 Å². The molecule has 0 saturated carbocycles. The van der Waals surface area contributed by atoms with Gasteiger partial charge in [0.05, 0.1) is 23.2 Å². The zero-order valence-electron chi connectivity index (χ0n) is 18.3. The van der Waals surface area contributed by atoms with Crippen LogP contribution in [0.5, 0.6) is 5.75 Å². The van der Waals surface area contributed by atoms with Gasteiger partial charge in [-0.3, -0.25) is 14.6 Å². The molecule has 172 valence electrons. The van der Waals surface area contributed by atoms with Crippen LogP contribution < -0.4 is 10.1 Å². The monoisotopic (exact) mass is 468 g/mol. The number of amides is 2. The van der Waals surface area contributed by atoms with E-state index < -0.39 is 15.9 Å². The van der Waals surface area contributed by atoms with Crippen LogP contribution in [0.1, 0.15) is 17.3 Å². The van der Waals surface area contributed by atoms with Gasteiger partial charge in [-0.1, -0.05) is 6.07 Å². The van der Waals surface area contributed by atoms with Gasteiger partial charge in [-0.25, -0.2) is 8.42 Å². The quantitative estimate of drug-likeness (QED) is 0.616. The molecule has 4 rings (SSSR count). The number of carbonyl (C=O) groups excluding carboxylic acids is 2. The van der Waals surface area contributed by atoms with Crippen LogP contribution in [0.2, 0.25) is 0 Å². The van der Waals surface area contributed by atoms with Crippen LogP contribution in [-0.2, 0) is 14.8 Å². The number of aromatic nitrogens is 1. The highest BCUT2D eigenvalue weighted by Crippen LogP contribution is 2.27. The number of anilines is 1. The maximum absolute atomic E-state index is 13.1. The number of nitrogens with zero attached hydrogens (tertiary/aromatic N) is 3. The molecule has 0 atom stereocenters. The minimum Gasteiger partial charge on any atom is -0.497 e. The number of benzene rings is 2. The fourth-order valence-corrected chi connectivity index (χ4v) is 5.21. The summed E-state index contributed by atoms with van der Waals surface area (Å²) in [6, 6.07) is 13.0. The van der Waals surface area contributed by atoms with Crippen molar-refractivity contribution < 1.29 is 22.7 Å². The molecule has 0 spiro atoms. The van der Waals surface area contributed by atoms with Gasteiger partial charge in [-0.2, -0.15) is 4.31 Å². The molecule has 3 aromatic rings. The van der Waals surface area contributed by atoms with Gasteiger partial charge in [0.2, 0.25) is 15.9 Å². The molecular formula is C23H24N4O5S. The number of fused-ring (bicyclic) bond motifs is 1. The molecule has 10 heteroatoms. The Labute approximate surface area is 192 Å². The first-order valence-electron chi connectivity index (χ1n) is 10.4. The van der Waals surface area contributed by atoms with Gasteiger partial charge in [0.15, 0.2) is 0 Å². The van der Waals surface area contributed by atoms with Gasteiger partial charge in [-0.15, -0.1) is 0 Å². The Bertz CT molecular complexity index is 1320. The average Bonchev–Trinajstić information content (AvgIpc) is 2.84. The summed E-state index contributed by atoms with van der Waals surface area (Å²) in [5.41, 5.74) is 1.44. The van der Waals surface area contributed by atoms with E-state index in [1.54, 1.807) is 54.6 Å². The zero-order valence-corrected chi connectivity index (χ0v) is 19.1. The molecule has 1 aliphatic rings. The lowest BCUT2D eigenvalue weighted by Crippen LogP contribution is -2.49. The Balaban J connectivity index is 1.56. The maximum Gasteiger partial charge on any atom is 0.255 e. The number of rotatable bonds is 5. The minimum atomic E-state index is -3.79. The van der Waals surface area contributed by atoms with E-state index in [2.05, 4.69) is 10.3 Å². The number of hydrogen-bond acceptors (Lipinski definition) is 6. The SMILES string of the molecule is COc1ccc2nccc(NC(=O)c3cccc(S(=O)(=O)N4CCN(C(C)=O)CC4)c3)c2c1. The summed E-state index contributed by atoms with van der Waals surface area (Å²) in [5.74, 6) is 0.111. The third-order valence-corrected chi connectivity index (χ3v) is 7.51. The second kappa shape index (κ2) is 9.16. The van der Waals surface area contributed by atoms with Crippen LogP contribution in [0.3, 0.4) is 0 Å². The summed E-state index contributed by atoms with van der Waals surface area (Å²) in [5, 5.41) is 3.55. The lowest BCUT2D eigenvalue weighted by atomic mass is 10.1. The van der Waals surface area contributed by atoms with Crippen molar-refractivity contribution in [3.8, 4) is 5.75 Å². The number of piperazine rings is 1. The van der Waals surface area contributed by atoms with Crippen molar-refractivity contribution >= 4 is 38.4 Å². The Morgan fingerprint density at radius 2 is 1.79 bits per heavy atom. The average molecular weight is 469 g/mol. The summed E-state index contributed by atoms with van der Waals surface area (Å²) in [6.45, 7) is 2.57. The van der Waals surface area contributed by atoms with E-state index in [9.17, 15) is 18.0 Å². The van der Waals surface area contributed by atoms with Crippen LogP contribution in [-0.4, -0.2) is 67.7 Å². The Morgan fingerprint density at radius 1 is 1.03 bits per heavy atom. The number of pyridine rings is 1. The lowest BCUT2D eigenvalue weighted by Gasteiger charge is -2.33. The van der Waals surface area contributed by atoms with Crippen molar-refractivity contribution in [1.82, 2.24) is 14.2 Å². The molecule has 0 radical (unpaired) electrons. The second-order valence-corrected chi connectivity index (χ2v) is 9.57. The summed E-state index contributed by atoms with van der Waals surface area (Å²) < 4.78 is 32.8. The molecule has 1 N–H and O–H groups in total. The molecule has 1 saturated heterocycles. The Hall–Kier alpha value is -3.50. The number of hydrogen-bond donors (Lipinski definition) is 1. The molecule has 0 aliphatic carbocycles. The highest BCUT2D eigenvalue weighted by Gasteiger charge is 2.29. The highest BCUT2D eigenvalue weighted by atomic mass is 32.2. The van der Waals surface area contributed by atoms with E-state index in [4.69, 9.17) is 4.74 Å². The predicted molar refractivity (Wildman–Crippen MR) is 124 cm³/mol. The summed E-state index contributed by atoms with van der Waals surface area (Å²) in [7, 11) is -2.24. The first kappa shape index (κ1) is 22.7. The van der Waals surface area contributed by atoms with E-state index in [1.807, 2.05) is 0 Å². The maximum atomic E-state index is 13.1. The molecule has 0 unspecified atom stereocenters. The van der Waals surface area contributed by atoms with Gasteiger partial charge in [0, 0.05) is 50.2 Å². The third-order valence-electron chi connectivity index (χ3n) is 5.61. The molecule has 1 aliphatic heterocycles. The lowest BCUT2D eigenvalue weighted by molar-refractivity contribution is -0.129.